The predicted octanol–water partition coefficient (Wildman–Crippen LogP) is 2.07. The first-order valence-corrected chi connectivity index (χ1v) is 5.42. The molecule has 4 heteroatoms. The third-order valence-electron chi connectivity index (χ3n) is 2.89. The summed E-state index contributed by atoms with van der Waals surface area (Å²) in [6.07, 6.45) is 2.71. The first-order valence-electron chi connectivity index (χ1n) is 4.98. The highest BCUT2D eigenvalue weighted by Gasteiger charge is 2.37. The maximum Gasteiger partial charge on any atom is 0.307 e. The normalized spacial score (nSPS) is 30.0. The van der Waals surface area contributed by atoms with Crippen LogP contribution in [0.2, 0.25) is 0 Å². The van der Waals surface area contributed by atoms with Crippen LogP contribution in [0, 0.1) is 11.8 Å². The summed E-state index contributed by atoms with van der Waals surface area (Å²) < 4.78 is 0. The van der Waals surface area contributed by atoms with Crippen LogP contribution in [0.25, 0.3) is 0 Å². The largest absolute Gasteiger partial charge is 0.481 e. The van der Waals surface area contributed by atoms with Crippen LogP contribution in [0.15, 0.2) is 0 Å². The number of carboxylic acids is 1. The fraction of sp³-hybridized carbons (Fsp3) is 0.800. The Kier molecular flexibility index (Phi) is 3.93. The number of hydrogen-bond acceptors (Lipinski definition) is 2. The van der Waals surface area contributed by atoms with Gasteiger partial charge in [0.15, 0.2) is 5.78 Å². The highest BCUT2D eigenvalue weighted by molar-refractivity contribution is 6.31. The van der Waals surface area contributed by atoms with Crippen LogP contribution < -0.4 is 0 Å². The van der Waals surface area contributed by atoms with Crippen LogP contribution in [0.5, 0.6) is 0 Å². The summed E-state index contributed by atoms with van der Waals surface area (Å²) in [6, 6.07) is 0. The third kappa shape index (κ3) is 2.27. The van der Waals surface area contributed by atoms with E-state index >= 15 is 0 Å². The number of carbonyl (C=O) groups excluding carboxylic acids is 1. The molecule has 0 radical (unpaired) electrons. The summed E-state index contributed by atoms with van der Waals surface area (Å²) in [5.41, 5.74) is 0. The van der Waals surface area contributed by atoms with Crippen molar-refractivity contribution < 1.29 is 14.7 Å². The summed E-state index contributed by atoms with van der Waals surface area (Å²) in [6.45, 7) is 1.80. The summed E-state index contributed by atoms with van der Waals surface area (Å²) in [5, 5.41) is 8.46. The molecule has 0 saturated heterocycles. The molecule has 0 aromatic rings. The molecule has 0 amide bonds. The molecule has 14 heavy (non-hydrogen) atoms. The minimum absolute atomic E-state index is 0.0767. The molecule has 3 nitrogen and oxygen atoms in total. The van der Waals surface area contributed by atoms with Crippen molar-refractivity contribution in [1.29, 1.82) is 0 Å². The number of hydrogen-bond donors (Lipinski definition) is 1. The molecule has 1 aliphatic carbocycles. The summed E-state index contributed by atoms with van der Waals surface area (Å²) in [4.78, 5) is 22.5. The standard InChI is InChI=1S/C10H15ClO3/c1-2-6(10(13)14)7-4-3-5-8(11)9(7)12/h6-8H,2-5H2,1H3,(H,13,14). The van der Waals surface area contributed by atoms with E-state index in [-0.39, 0.29) is 11.7 Å². The van der Waals surface area contributed by atoms with Gasteiger partial charge in [-0.15, -0.1) is 11.6 Å². The Hall–Kier alpha value is -0.570. The highest BCUT2D eigenvalue weighted by atomic mass is 35.5. The first-order chi connectivity index (χ1) is 6.57. The number of rotatable bonds is 3. The Morgan fingerprint density at radius 2 is 2.29 bits per heavy atom. The molecule has 3 unspecified atom stereocenters. The molecule has 0 heterocycles. The molecule has 0 bridgehead atoms. The van der Waals surface area contributed by atoms with Crippen molar-refractivity contribution in [2.45, 2.75) is 38.0 Å². The van der Waals surface area contributed by atoms with E-state index in [0.29, 0.717) is 19.3 Å². The van der Waals surface area contributed by atoms with Crippen LogP contribution in [0.1, 0.15) is 32.6 Å². The summed E-state index contributed by atoms with van der Waals surface area (Å²) >= 11 is 5.83. The number of alkyl halides is 1. The Morgan fingerprint density at radius 1 is 1.64 bits per heavy atom. The van der Waals surface area contributed by atoms with Gasteiger partial charge in [0.2, 0.25) is 0 Å². The third-order valence-corrected chi connectivity index (χ3v) is 3.32. The van der Waals surface area contributed by atoms with Crippen molar-refractivity contribution in [1.82, 2.24) is 0 Å². The molecular weight excluding hydrogens is 204 g/mol. The molecule has 1 saturated carbocycles. The van der Waals surface area contributed by atoms with Crippen molar-refractivity contribution in [3.8, 4) is 0 Å². The van der Waals surface area contributed by atoms with E-state index in [2.05, 4.69) is 0 Å². The van der Waals surface area contributed by atoms with Gasteiger partial charge in [-0.1, -0.05) is 13.3 Å². The topological polar surface area (TPSA) is 54.4 Å². The lowest BCUT2D eigenvalue weighted by molar-refractivity contribution is -0.147. The minimum Gasteiger partial charge on any atom is -0.481 e. The smallest absolute Gasteiger partial charge is 0.307 e. The van der Waals surface area contributed by atoms with E-state index in [1.165, 1.54) is 0 Å². The van der Waals surface area contributed by atoms with Crippen LogP contribution >= 0.6 is 11.6 Å². The molecule has 0 aromatic heterocycles. The Labute approximate surface area is 88.4 Å². The van der Waals surface area contributed by atoms with Crippen molar-refractivity contribution >= 4 is 23.4 Å². The lowest BCUT2D eigenvalue weighted by Gasteiger charge is -2.28. The lowest BCUT2D eigenvalue weighted by atomic mass is 9.77. The second-order valence-electron chi connectivity index (χ2n) is 3.76. The predicted molar refractivity (Wildman–Crippen MR) is 53.4 cm³/mol. The zero-order valence-electron chi connectivity index (χ0n) is 8.20. The Balaban J connectivity index is 2.74. The van der Waals surface area contributed by atoms with Crippen LogP contribution in [0.4, 0.5) is 0 Å². The second kappa shape index (κ2) is 4.78. The fourth-order valence-electron chi connectivity index (χ4n) is 2.06. The molecule has 0 spiro atoms. The van der Waals surface area contributed by atoms with E-state index in [9.17, 15) is 9.59 Å². The molecule has 1 rings (SSSR count). The van der Waals surface area contributed by atoms with Crippen LogP contribution in [-0.2, 0) is 9.59 Å². The van der Waals surface area contributed by atoms with Gasteiger partial charge in [0.1, 0.15) is 0 Å². The van der Waals surface area contributed by atoms with Crippen molar-refractivity contribution in [3.05, 3.63) is 0 Å². The Morgan fingerprint density at radius 3 is 2.79 bits per heavy atom. The van der Waals surface area contributed by atoms with E-state index < -0.39 is 17.3 Å². The first kappa shape index (κ1) is 11.5. The van der Waals surface area contributed by atoms with E-state index in [0.717, 1.165) is 6.42 Å². The molecule has 0 aromatic carbocycles. The Bertz CT molecular complexity index is 240. The molecule has 1 aliphatic rings. The van der Waals surface area contributed by atoms with Crippen molar-refractivity contribution in [2.75, 3.05) is 0 Å². The second-order valence-corrected chi connectivity index (χ2v) is 4.29. The number of carbonyl (C=O) groups is 2. The summed E-state index contributed by atoms with van der Waals surface area (Å²) in [5.74, 6) is -1.87. The average Bonchev–Trinajstić information content (AvgIpc) is 2.13. The minimum atomic E-state index is -0.878. The van der Waals surface area contributed by atoms with E-state index in [1.807, 2.05) is 0 Å². The van der Waals surface area contributed by atoms with Crippen molar-refractivity contribution in [3.63, 3.8) is 0 Å². The number of carboxylic acid groups (broad SMARTS) is 1. The quantitative estimate of drug-likeness (QED) is 0.738. The van der Waals surface area contributed by atoms with Crippen LogP contribution in [0.3, 0.4) is 0 Å². The highest BCUT2D eigenvalue weighted by Crippen LogP contribution is 2.31. The zero-order chi connectivity index (χ0) is 10.7. The maximum absolute atomic E-state index is 11.6. The number of halogens is 1. The number of ketones is 1. The molecule has 0 aliphatic heterocycles. The van der Waals surface area contributed by atoms with Crippen molar-refractivity contribution in [2.24, 2.45) is 11.8 Å². The van der Waals surface area contributed by atoms with Gasteiger partial charge in [-0.3, -0.25) is 9.59 Å². The molecule has 3 atom stereocenters. The molecule has 1 N–H and O–H groups in total. The monoisotopic (exact) mass is 218 g/mol. The average molecular weight is 219 g/mol. The maximum atomic E-state index is 11.6. The molecule has 1 fully saturated rings. The number of Topliss-reactive ketones (excluding diaryl/α,β-unsaturated/α-hetero) is 1. The lowest BCUT2D eigenvalue weighted by Crippen LogP contribution is -2.37. The van der Waals surface area contributed by atoms with E-state index in [4.69, 9.17) is 16.7 Å². The van der Waals surface area contributed by atoms with E-state index in [1.54, 1.807) is 6.92 Å². The van der Waals surface area contributed by atoms with Gasteiger partial charge in [0, 0.05) is 5.92 Å². The van der Waals surface area contributed by atoms with Gasteiger partial charge in [0.05, 0.1) is 11.3 Å². The van der Waals surface area contributed by atoms with Gasteiger partial charge >= 0.3 is 5.97 Å². The molecular formula is C10H15ClO3. The van der Waals surface area contributed by atoms with Gasteiger partial charge in [0.25, 0.3) is 0 Å². The van der Waals surface area contributed by atoms with Gasteiger partial charge < -0.3 is 5.11 Å². The number of aliphatic carboxylic acids is 1. The SMILES string of the molecule is CCC(C(=O)O)C1CCCC(Cl)C1=O. The summed E-state index contributed by atoms with van der Waals surface area (Å²) in [7, 11) is 0. The van der Waals surface area contributed by atoms with Gasteiger partial charge in [-0.25, -0.2) is 0 Å². The van der Waals surface area contributed by atoms with Gasteiger partial charge in [-0.2, -0.15) is 0 Å². The van der Waals surface area contributed by atoms with Crippen LogP contribution in [-0.4, -0.2) is 22.2 Å². The molecule has 80 valence electrons. The van der Waals surface area contributed by atoms with Gasteiger partial charge in [-0.05, 0) is 19.3 Å². The fourth-order valence-corrected chi connectivity index (χ4v) is 2.38. The zero-order valence-corrected chi connectivity index (χ0v) is 8.96.